The molecule has 1 N–H and O–H groups in total. The van der Waals surface area contributed by atoms with Crippen LogP contribution in [0, 0.1) is 0 Å². The van der Waals surface area contributed by atoms with E-state index < -0.39 is 5.60 Å². The summed E-state index contributed by atoms with van der Waals surface area (Å²) in [6.07, 6.45) is 2.18. The average Bonchev–Trinajstić information content (AvgIpc) is 2.94. The smallest absolute Gasteiger partial charge is 0.270 e. The Morgan fingerprint density at radius 1 is 1.58 bits per heavy atom. The molecule has 0 radical (unpaired) electrons. The van der Waals surface area contributed by atoms with Gasteiger partial charge in [-0.3, -0.25) is 4.79 Å². The minimum absolute atomic E-state index is 0.0735. The van der Waals surface area contributed by atoms with Crippen molar-refractivity contribution in [2.24, 2.45) is 0 Å². The first-order chi connectivity index (χ1) is 8.82. The topological polar surface area (TPSA) is 43.8 Å². The molecule has 1 saturated heterocycles. The molecular formula is C14H24N2O2S. The van der Waals surface area contributed by atoms with Crippen molar-refractivity contribution in [1.29, 1.82) is 0 Å². The molecule has 0 aromatic carbocycles. The molecule has 4 nitrogen and oxygen atoms in total. The number of amides is 1. The lowest BCUT2D eigenvalue weighted by Crippen LogP contribution is -2.49. The molecule has 2 aliphatic rings. The third kappa shape index (κ3) is 2.92. The van der Waals surface area contributed by atoms with Gasteiger partial charge in [-0.05, 0) is 40.5 Å². The van der Waals surface area contributed by atoms with Crippen molar-refractivity contribution in [3.05, 3.63) is 11.1 Å². The first-order valence-electron chi connectivity index (χ1n) is 6.94. The standard InChI is InChI=1S/C14H24N2O2S/c1-10-6-5-7-15(10)13(17)12-8-19-9-16(12)11(2)14(3,4)18/h8,10-11,18H,5-7,9H2,1-4H3/t10-,11-/m0/s1. The van der Waals surface area contributed by atoms with E-state index in [2.05, 4.69) is 6.92 Å². The molecule has 0 bridgehead atoms. The molecule has 0 aromatic rings. The summed E-state index contributed by atoms with van der Waals surface area (Å²) in [5.41, 5.74) is -0.0747. The second-order valence-electron chi connectivity index (χ2n) is 6.09. The van der Waals surface area contributed by atoms with Crippen LogP contribution in [0.3, 0.4) is 0 Å². The predicted octanol–water partition coefficient (Wildman–Crippen LogP) is 2.00. The van der Waals surface area contributed by atoms with E-state index in [-0.39, 0.29) is 11.9 Å². The van der Waals surface area contributed by atoms with E-state index >= 15 is 0 Å². The van der Waals surface area contributed by atoms with Gasteiger partial charge in [-0.2, -0.15) is 0 Å². The van der Waals surface area contributed by atoms with E-state index in [1.165, 1.54) is 0 Å². The molecule has 19 heavy (non-hydrogen) atoms. The molecule has 0 saturated carbocycles. The van der Waals surface area contributed by atoms with Gasteiger partial charge in [0, 0.05) is 18.0 Å². The maximum atomic E-state index is 12.6. The Kier molecular flexibility index (Phi) is 4.16. The molecule has 2 atom stereocenters. The van der Waals surface area contributed by atoms with Crippen molar-refractivity contribution in [2.75, 3.05) is 12.4 Å². The summed E-state index contributed by atoms with van der Waals surface area (Å²) in [4.78, 5) is 16.6. The zero-order valence-electron chi connectivity index (χ0n) is 12.2. The monoisotopic (exact) mass is 284 g/mol. The highest BCUT2D eigenvalue weighted by atomic mass is 32.2. The first-order valence-corrected chi connectivity index (χ1v) is 7.99. The molecule has 0 aromatic heterocycles. The Morgan fingerprint density at radius 3 is 2.79 bits per heavy atom. The lowest BCUT2D eigenvalue weighted by Gasteiger charge is -2.37. The molecule has 1 amide bonds. The van der Waals surface area contributed by atoms with E-state index in [1.807, 2.05) is 22.1 Å². The van der Waals surface area contributed by atoms with E-state index in [0.717, 1.165) is 31.0 Å². The molecule has 108 valence electrons. The number of likely N-dealkylation sites (tertiary alicyclic amines) is 1. The maximum absolute atomic E-state index is 12.6. The molecule has 2 aliphatic heterocycles. The highest BCUT2D eigenvalue weighted by Crippen LogP contribution is 2.32. The first kappa shape index (κ1) is 14.7. The van der Waals surface area contributed by atoms with Crippen molar-refractivity contribution >= 4 is 17.7 Å². The highest BCUT2D eigenvalue weighted by molar-refractivity contribution is 8.02. The average molecular weight is 284 g/mol. The van der Waals surface area contributed by atoms with Gasteiger partial charge in [0.1, 0.15) is 5.70 Å². The number of carbonyl (C=O) groups excluding carboxylic acids is 1. The van der Waals surface area contributed by atoms with Gasteiger partial charge < -0.3 is 14.9 Å². The summed E-state index contributed by atoms with van der Waals surface area (Å²) in [5, 5.41) is 12.1. The highest BCUT2D eigenvalue weighted by Gasteiger charge is 2.37. The van der Waals surface area contributed by atoms with E-state index in [9.17, 15) is 9.90 Å². The summed E-state index contributed by atoms with van der Waals surface area (Å²) in [5.74, 6) is 0.861. The Hall–Kier alpha value is -0.680. The van der Waals surface area contributed by atoms with Crippen molar-refractivity contribution in [1.82, 2.24) is 9.80 Å². The van der Waals surface area contributed by atoms with Crippen LogP contribution in [0.4, 0.5) is 0 Å². The van der Waals surface area contributed by atoms with Gasteiger partial charge in [-0.15, -0.1) is 11.8 Å². The predicted molar refractivity (Wildman–Crippen MR) is 78.5 cm³/mol. The number of hydrogen-bond donors (Lipinski definition) is 1. The van der Waals surface area contributed by atoms with Gasteiger partial charge in [-0.25, -0.2) is 0 Å². The van der Waals surface area contributed by atoms with Crippen molar-refractivity contribution < 1.29 is 9.90 Å². The number of nitrogens with zero attached hydrogens (tertiary/aromatic N) is 2. The zero-order chi connectivity index (χ0) is 14.2. The van der Waals surface area contributed by atoms with Gasteiger partial charge in [0.05, 0.1) is 17.5 Å². The minimum Gasteiger partial charge on any atom is -0.388 e. The van der Waals surface area contributed by atoms with Crippen LogP contribution in [0.2, 0.25) is 0 Å². The summed E-state index contributed by atoms with van der Waals surface area (Å²) in [6, 6.07) is 0.258. The quantitative estimate of drug-likeness (QED) is 0.861. The van der Waals surface area contributed by atoms with E-state index in [0.29, 0.717) is 6.04 Å². The maximum Gasteiger partial charge on any atom is 0.270 e. The van der Waals surface area contributed by atoms with Gasteiger partial charge in [0.15, 0.2) is 0 Å². The van der Waals surface area contributed by atoms with E-state index in [4.69, 9.17) is 0 Å². The normalized spacial score (nSPS) is 25.7. The number of carbonyl (C=O) groups is 1. The van der Waals surface area contributed by atoms with Crippen molar-refractivity contribution in [3.8, 4) is 0 Å². The third-order valence-corrected chi connectivity index (χ3v) is 5.06. The van der Waals surface area contributed by atoms with Crippen LogP contribution in [0.5, 0.6) is 0 Å². The fraction of sp³-hybridized carbons (Fsp3) is 0.786. The SMILES string of the molecule is C[C@H](N1CSC=C1C(=O)N1CCC[C@@H]1C)C(C)(C)O. The van der Waals surface area contributed by atoms with Crippen LogP contribution in [0.15, 0.2) is 11.1 Å². The fourth-order valence-electron chi connectivity index (χ4n) is 2.59. The van der Waals surface area contributed by atoms with Crippen LogP contribution in [0.1, 0.15) is 40.5 Å². The summed E-state index contributed by atoms with van der Waals surface area (Å²) < 4.78 is 0. The lowest BCUT2D eigenvalue weighted by atomic mass is 9.99. The van der Waals surface area contributed by atoms with Gasteiger partial charge in [0.25, 0.3) is 5.91 Å². The summed E-state index contributed by atoms with van der Waals surface area (Å²) in [6.45, 7) is 8.52. The Morgan fingerprint density at radius 2 is 2.26 bits per heavy atom. The van der Waals surface area contributed by atoms with Crippen LogP contribution in [-0.4, -0.2) is 50.9 Å². The minimum atomic E-state index is -0.819. The molecule has 0 unspecified atom stereocenters. The van der Waals surface area contributed by atoms with Crippen molar-refractivity contribution in [3.63, 3.8) is 0 Å². The van der Waals surface area contributed by atoms with Crippen LogP contribution >= 0.6 is 11.8 Å². The van der Waals surface area contributed by atoms with Gasteiger partial charge in [0.2, 0.25) is 0 Å². The Bertz CT molecular complexity index is 389. The third-order valence-electron chi connectivity index (χ3n) is 4.24. The molecule has 2 rings (SSSR count). The molecule has 2 heterocycles. The molecule has 5 heteroatoms. The zero-order valence-corrected chi connectivity index (χ0v) is 13.0. The summed E-state index contributed by atoms with van der Waals surface area (Å²) in [7, 11) is 0. The molecule has 0 aliphatic carbocycles. The van der Waals surface area contributed by atoms with Gasteiger partial charge >= 0.3 is 0 Å². The fourth-order valence-corrected chi connectivity index (χ4v) is 3.58. The number of rotatable bonds is 3. The molecule has 0 spiro atoms. The second kappa shape index (κ2) is 5.37. The largest absolute Gasteiger partial charge is 0.388 e. The number of thioether (sulfide) groups is 1. The lowest BCUT2D eigenvalue weighted by molar-refractivity contribution is -0.130. The number of hydrogen-bond acceptors (Lipinski definition) is 4. The molecule has 1 fully saturated rings. The Balaban J connectivity index is 2.13. The van der Waals surface area contributed by atoms with Crippen LogP contribution in [-0.2, 0) is 4.79 Å². The van der Waals surface area contributed by atoms with Gasteiger partial charge in [-0.1, -0.05) is 0 Å². The van der Waals surface area contributed by atoms with Crippen LogP contribution in [0.25, 0.3) is 0 Å². The Labute approximate surface area is 119 Å². The van der Waals surface area contributed by atoms with E-state index in [1.54, 1.807) is 25.6 Å². The molecular weight excluding hydrogens is 260 g/mol. The summed E-state index contributed by atoms with van der Waals surface area (Å²) >= 11 is 1.63. The number of aliphatic hydroxyl groups is 1. The van der Waals surface area contributed by atoms with Crippen molar-refractivity contribution in [2.45, 2.75) is 58.2 Å². The second-order valence-corrected chi connectivity index (χ2v) is 6.92. The van der Waals surface area contributed by atoms with Crippen LogP contribution < -0.4 is 0 Å².